The van der Waals surface area contributed by atoms with Crippen LogP contribution >= 0.6 is 0 Å². The second kappa shape index (κ2) is 25.4. The number of hydrogen-bond acceptors (Lipinski definition) is 6. The Morgan fingerprint density at radius 3 is 1.84 bits per heavy atom. The normalized spacial score (nSPS) is 13.1. The van der Waals surface area contributed by atoms with Crippen LogP contribution in [-0.2, 0) is 19.2 Å². The van der Waals surface area contributed by atoms with Gasteiger partial charge >= 0.3 is 5.97 Å². The lowest BCUT2D eigenvalue weighted by molar-refractivity contribution is -0.142. The molecule has 0 unspecified atom stereocenters. The second-order valence-electron chi connectivity index (χ2n) is 11.8. The van der Waals surface area contributed by atoms with Gasteiger partial charge in [-0.05, 0) is 44.2 Å². The van der Waals surface area contributed by atoms with Gasteiger partial charge in [-0.3, -0.25) is 14.4 Å². The summed E-state index contributed by atoms with van der Waals surface area (Å²) >= 11 is 0. The molecule has 0 aliphatic heterocycles. The van der Waals surface area contributed by atoms with E-state index >= 15 is 0 Å². The summed E-state index contributed by atoms with van der Waals surface area (Å²) in [6.45, 7) is 2.93. The molecule has 3 atom stereocenters. The largest absolute Gasteiger partial charge is 0.479 e. The highest BCUT2D eigenvalue weighted by Crippen LogP contribution is 2.15. The van der Waals surface area contributed by atoms with Gasteiger partial charge in [0.05, 0.1) is 6.04 Å². The number of nitrogens with two attached hydrogens (primary N) is 2. The summed E-state index contributed by atoms with van der Waals surface area (Å²) in [4.78, 5) is 49.9. The summed E-state index contributed by atoms with van der Waals surface area (Å²) < 4.78 is 0. The van der Waals surface area contributed by atoms with E-state index in [0.29, 0.717) is 37.8 Å². The summed E-state index contributed by atoms with van der Waals surface area (Å²) in [6.07, 6.45) is 18.4. The van der Waals surface area contributed by atoms with Crippen molar-refractivity contribution in [2.24, 2.45) is 11.5 Å². The van der Waals surface area contributed by atoms with Gasteiger partial charge in [0.15, 0.2) is 6.04 Å². The smallest absolute Gasteiger partial charge is 0.330 e. The van der Waals surface area contributed by atoms with Gasteiger partial charge in [0, 0.05) is 13.0 Å². The predicted octanol–water partition coefficient (Wildman–Crippen LogP) is 4.86. The molecule has 1 rings (SSSR count). The summed E-state index contributed by atoms with van der Waals surface area (Å²) in [5, 5.41) is 17.7. The zero-order chi connectivity index (χ0) is 32.4. The molecule has 0 bridgehead atoms. The maximum absolute atomic E-state index is 13.0. The van der Waals surface area contributed by atoms with E-state index in [-0.39, 0.29) is 18.9 Å². The molecule has 3 amide bonds. The van der Waals surface area contributed by atoms with Crippen molar-refractivity contribution < 1.29 is 24.3 Å². The molecule has 0 spiro atoms. The Kier molecular flexibility index (Phi) is 22.5. The van der Waals surface area contributed by atoms with Crippen molar-refractivity contribution in [1.29, 1.82) is 0 Å². The van der Waals surface area contributed by atoms with Crippen LogP contribution < -0.4 is 27.4 Å². The number of rotatable bonds is 27. The molecule has 0 heterocycles. The average molecular weight is 618 g/mol. The van der Waals surface area contributed by atoms with E-state index in [4.69, 9.17) is 11.5 Å². The number of nitrogens with one attached hydrogen (secondary N) is 3. The van der Waals surface area contributed by atoms with Crippen LogP contribution in [0.2, 0.25) is 0 Å². The zero-order valence-electron chi connectivity index (χ0n) is 27.0. The van der Waals surface area contributed by atoms with E-state index in [1.165, 1.54) is 64.2 Å². The lowest BCUT2D eigenvalue weighted by Crippen LogP contribution is -2.53. The van der Waals surface area contributed by atoms with Crippen molar-refractivity contribution >= 4 is 23.7 Å². The van der Waals surface area contributed by atoms with Crippen molar-refractivity contribution in [3.8, 4) is 0 Å². The third-order valence-corrected chi connectivity index (χ3v) is 7.87. The molecule has 0 saturated heterocycles. The van der Waals surface area contributed by atoms with Gasteiger partial charge < -0.3 is 32.5 Å². The van der Waals surface area contributed by atoms with Crippen molar-refractivity contribution in [3.63, 3.8) is 0 Å². The molecular formula is C34H59N5O5. The number of benzene rings is 1. The summed E-state index contributed by atoms with van der Waals surface area (Å²) in [5.74, 6) is -2.40. The van der Waals surface area contributed by atoms with Gasteiger partial charge in [0.25, 0.3) is 0 Å². The molecule has 1 aromatic carbocycles. The highest BCUT2D eigenvalue weighted by atomic mass is 16.4. The zero-order valence-corrected chi connectivity index (χ0v) is 27.0. The maximum Gasteiger partial charge on any atom is 0.330 e. The lowest BCUT2D eigenvalue weighted by atomic mass is 10.0. The first-order chi connectivity index (χ1) is 21.3. The highest BCUT2D eigenvalue weighted by Gasteiger charge is 2.28. The molecule has 0 aliphatic rings. The molecule has 0 saturated carbocycles. The Bertz CT molecular complexity index is 930. The van der Waals surface area contributed by atoms with Gasteiger partial charge in [-0.2, -0.15) is 0 Å². The van der Waals surface area contributed by atoms with Crippen molar-refractivity contribution in [1.82, 2.24) is 16.0 Å². The fourth-order valence-electron chi connectivity index (χ4n) is 5.11. The highest BCUT2D eigenvalue weighted by molar-refractivity contribution is 5.92. The number of aliphatic carboxylic acids is 1. The van der Waals surface area contributed by atoms with Crippen LogP contribution in [0.1, 0.15) is 134 Å². The number of unbranched alkanes of at least 4 members (excludes halogenated alkanes) is 13. The minimum Gasteiger partial charge on any atom is -0.479 e. The molecule has 250 valence electrons. The predicted molar refractivity (Wildman–Crippen MR) is 176 cm³/mol. The van der Waals surface area contributed by atoms with Crippen LogP contribution in [-0.4, -0.2) is 54.0 Å². The van der Waals surface area contributed by atoms with Crippen LogP contribution in [0.4, 0.5) is 0 Å². The number of carbonyl (C=O) groups excluding carboxylic acids is 3. The van der Waals surface area contributed by atoms with Crippen molar-refractivity contribution in [3.05, 3.63) is 35.9 Å². The summed E-state index contributed by atoms with van der Waals surface area (Å²) in [5.41, 5.74) is 12.1. The van der Waals surface area contributed by atoms with Crippen LogP contribution in [0.15, 0.2) is 30.3 Å². The second-order valence-corrected chi connectivity index (χ2v) is 11.8. The van der Waals surface area contributed by atoms with E-state index in [2.05, 4.69) is 22.9 Å². The fraction of sp³-hybridized carbons (Fsp3) is 0.706. The van der Waals surface area contributed by atoms with Gasteiger partial charge in [-0.15, -0.1) is 0 Å². The van der Waals surface area contributed by atoms with E-state index in [1.54, 1.807) is 30.3 Å². The van der Waals surface area contributed by atoms with Gasteiger partial charge in [-0.25, -0.2) is 4.79 Å². The molecule has 0 fully saturated rings. The van der Waals surface area contributed by atoms with Gasteiger partial charge in [-0.1, -0.05) is 114 Å². The van der Waals surface area contributed by atoms with Crippen molar-refractivity contribution in [2.45, 2.75) is 141 Å². The molecule has 1 aromatic rings. The molecule has 10 nitrogen and oxygen atoms in total. The molecule has 8 N–H and O–H groups in total. The van der Waals surface area contributed by atoms with Gasteiger partial charge in [0.2, 0.25) is 17.7 Å². The maximum atomic E-state index is 13.0. The first-order valence-corrected chi connectivity index (χ1v) is 16.9. The monoisotopic (exact) mass is 617 g/mol. The average Bonchev–Trinajstić information content (AvgIpc) is 3.01. The minimum absolute atomic E-state index is 0.0552. The topological polar surface area (TPSA) is 177 Å². The van der Waals surface area contributed by atoms with Crippen molar-refractivity contribution in [2.75, 3.05) is 13.1 Å². The first kappa shape index (κ1) is 39.0. The van der Waals surface area contributed by atoms with Crippen LogP contribution in [0.3, 0.4) is 0 Å². The Labute approximate surface area is 264 Å². The number of hydrogen-bond donors (Lipinski definition) is 6. The third-order valence-electron chi connectivity index (χ3n) is 7.87. The van der Waals surface area contributed by atoms with Crippen LogP contribution in [0.5, 0.6) is 0 Å². The number of carboxylic acids is 1. The number of carboxylic acid groups (broad SMARTS) is 1. The van der Waals surface area contributed by atoms with E-state index in [9.17, 15) is 24.3 Å². The molecule has 0 aromatic heterocycles. The number of amides is 3. The SMILES string of the molecule is CCCCCCCCCCCCCCCC(=O)NCC[C@H](N)C(=O)N[C@@H](CCCCN)C(=O)N[C@H](C(=O)O)c1ccccc1. The van der Waals surface area contributed by atoms with E-state index in [0.717, 1.165) is 19.3 Å². The molecule has 0 aliphatic carbocycles. The van der Waals surface area contributed by atoms with Crippen LogP contribution in [0, 0.1) is 0 Å². The summed E-state index contributed by atoms with van der Waals surface area (Å²) in [6, 6.07) is 5.22. The van der Waals surface area contributed by atoms with E-state index < -0.39 is 35.9 Å². The van der Waals surface area contributed by atoms with Gasteiger partial charge in [0.1, 0.15) is 6.04 Å². The quantitative estimate of drug-likeness (QED) is 0.0764. The fourth-order valence-corrected chi connectivity index (χ4v) is 5.11. The molecular weight excluding hydrogens is 558 g/mol. The molecule has 44 heavy (non-hydrogen) atoms. The Morgan fingerprint density at radius 2 is 1.30 bits per heavy atom. The van der Waals surface area contributed by atoms with Crippen LogP contribution in [0.25, 0.3) is 0 Å². The Balaban J connectivity index is 2.32. The standard InChI is InChI=1S/C34H59N5O5/c1-2-3-4-5-6-7-8-9-10-11-12-13-17-23-30(40)37-26-24-28(36)32(41)38-29(22-18-19-25-35)33(42)39-31(34(43)44)27-20-15-14-16-21-27/h14-16,20-21,28-29,31H,2-13,17-19,22-26,35-36H2,1H3,(H,37,40)(H,38,41)(H,39,42)(H,43,44)/t28-,29-,31-/m0/s1. The minimum atomic E-state index is -1.25. The Morgan fingerprint density at radius 1 is 0.727 bits per heavy atom. The third kappa shape index (κ3) is 18.6. The first-order valence-electron chi connectivity index (χ1n) is 16.9. The summed E-state index contributed by atoms with van der Waals surface area (Å²) in [7, 11) is 0. The molecule has 10 heteroatoms. The lowest BCUT2D eigenvalue weighted by Gasteiger charge is -2.23. The Hall–Kier alpha value is -2.98. The molecule has 0 radical (unpaired) electrons. The van der Waals surface area contributed by atoms with E-state index in [1.807, 2.05) is 0 Å². The number of carbonyl (C=O) groups is 4.